The molecule has 0 aromatic heterocycles. The highest BCUT2D eigenvalue weighted by atomic mass is 127. The monoisotopic (exact) mass is 495 g/mol. The van der Waals surface area contributed by atoms with E-state index in [1.807, 2.05) is 0 Å². The maximum absolute atomic E-state index is 12.0. The number of amides is 1. The van der Waals surface area contributed by atoms with E-state index in [9.17, 15) is 9.90 Å². The van der Waals surface area contributed by atoms with Gasteiger partial charge in [0.25, 0.3) is 0 Å². The Labute approximate surface area is 181 Å². The van der Waals surface area contributed by atoms with Gasteiger partial charge >= 0.3 is 0 Å². The van der Waals surface area contributed by atoms with Crippen LogP contribution in [-0.2, 0) is 4.79 Å². The third kappa shape index (κ3) is 9.43. The second-order valence-electron chi connectivity index (χ2n) is 7.47. The zero-order valence-corrected chi connectivity index (χ0v) is 19.3. The van der Waals surface area contributed by atoms with E-state index in [0.29, 0.717) is 18.5 Å². The molecular formula is C19H38IN5O2. The first-order valence-corrected chi connectivity index (χ1v) is 10.3. The van der Waals surface area contributed by atoms with Crippen LogP contribution in [0.3, 0.4) is 0 Å². The molecule has 27 heavy (non-hydrogen) atoms. The number of hydrogen-bond acceptors (Lipinski definition) is 4. The Morgan fingerprint density at radius 1 is 1.19 bits per heavy atom. The van der Waals surface area contributed by atoms with Gasteiger partial charge in [-0.15, -0.1) is 24.0 Å². The standard InChI is InChI=1S/C19H37N5O2.HI/c1-3-5-16(8-13-25)14-21-19(20-4-2)24-11-9-23(10-12-24)15-18(26)22-17-6-7-17;/h16-17,25H,3-15H2,1-2H3,(H,20,21)(H,22,26);1H. The van der Waals surface area contributed by atoms with Crippen LogP contribution in [0.1, 0.15) is 46.0 Å². The van der Waals surface area contributed by atoms with Gasteiger partial charge in [0.2, 0.25) is 5.91 Å². The molecule has 1 aliphatic heterocycles. The van der Waals surface area contributed by atoms with Crippen molar-refractivity contribution in [2.75, 3.05) is 52.4 Å². The van der Waals surface area contributed by atoms with Gasteiger partial charge in [-0.05, 0) is 38.5 Å². The molecule has 1 amide bonds. The predicted molar refractivity (Wildman–Crippen MR) is 121 cm³/mol. The fraction of sp³-hybridized carbons (Fsp3) is 0.895. The van der Waals surface area contributed by atoms with Crippen LogP contribution < -0.4 is 10.6 Å². The van der Waals surface area contributed by atoms with Crippen molar-refractivity contribution in [3.8, 4) is 0 Å². The van der Waals surface area contributed by atoms with Crippen LogP contribution in [0.4, 0.5) is 0 Å². The van der Waals surface area contributed by atoms with Crippen molar-refractivity contribution in [1.82, 2.24) is 20.4 Å². The summed E-state index contributed by atoms with van der Waals surface area (Å²) in [6.45, 7) is 10.2. The third-order valence-electron chi connectivity index (χ3n) is 5.05. The lowest BCUT2D eigenvalue weighted by molar-refractivity contribution is -0.122. The highest BCUT2D eigenvalue weighted by Gasteiger charge is 2.26. The number of hydrogen-bond donors (Lipinski definition) is 3. The molecule has 0 aromatic carbocycles. The smallest absolute Gasteiger partial charge is 0.234 e. The lowest BCUT2D eigenvalue weighted by atomic mass is 10.0. The molecule has 1 saturated heterocycles. The van der Waals surface area contributed by atoms with E-state index >= 15 is 0 Å². The topological polar surface area (TPSA) is 80.2 Å². The summed E-state index contributed by atoms with van der Waals surface area (Å²) in [4.78, 5) is 21.3. The molecule has 1 heterocycles. The minimum Gasteiger partial charge on any atom is -0.396 e. The van der Waals surface area contributed by atoms with Crippen molar-refractivity contribution in [2.24, 2.45) is 10.9 Å². The van der Waals surface area contributed by atoms with Gasteiger partial charge in [0.05, 0.1) is 6.54 Å². The average Bonchev–Trinajstić information content (AvgIpc) is 3.43. The van der Waals surface area contributed by atoms with E-state index in [2.05, 4.69) is 34.3 Å². The van der Waals surface area contributed by atoms with Gasteiger partial charge in [-0.25, -0.2) is 0 Å². The fourth-order valence-corrected chi connectivity index (χ4v) is 3.38. The lowest BCUT2D eigenvalue weighted by Crippen LogP contribution is -2.54. The van der Waals surface area contributed by atoms with Crippen LogP contribution in [0.2, 0.25) is 0 Å². The second kappa shape index (κ2) is 13.5. The zero-order chi connectivity index (χ0) is 18.8. The maximum atomic E-state index is 12.0. The fourth-order valence-electron chi connectivity index (χ4n) is 3.38. The molecule has 1 aliphatic carbocycles. The number of guanidine groups is 1. The second-order valence-corrected chi connectivity index (χ2v) is 7.47. The predicted octanol–water partition coefficient (Wildman–Crippen LogP) is 1.26. The molecule has 0 bridgehead atoms. The summed E-state index contributed by atoms with van der Waals surface area (Å²) in [5.74, 6) is 1.58. The number of aliphatic hydroxyl groups excluding tert-OH is 1. The van der Waals surface area contributed by atoms with Crippen LogP contribution in [0.5, 0.6) is 0 Å². The first kappa shape index (κ1) is 24.4. The van der Waals surface area contributed by atoms with Crippen LogP contribution in [0.15, 0.2) is 4.99 Å². The largest absolute Gasteiger partial charge is 0.396 e. The quantitative estimate of drug-likeness (QED) is 0.242. The highest BCUT2D eigenvalue weighted by molar-refractivity contribution is 14.0. The Morgan fingerprint density at radius 3 is 2.44 bits per heavy atom. The lowest BCUT2D eigenvalue weighted by Gasteiger charge is -2.36. The Morgan fingerprint density at radius 2 is 1.89 bits per heavy atom. The number of aliphatic hydroxyl groups is 1. The molecule has 0 spiro atoms. The molecule has 1 unspecified atom stereocenters. The normalized spacial score (nSPS) is 19.4. The van der Waals surface area contributed by atoms with Gasteiger partial charge in [-0.3, -0.25) is 14.7 Å². The molecule has 0 aromatic rings. The van der Waals surface area contributed by atoms with Gasteiger partial charge in [-0.2, -0.15) is 0 Å². The van der Waals surface area contributed by atoms with Crippen LogP contribution in [0.25, 0.3) is 0 Å². The molecule has 1 saturated carbocycles. The number of nitrogens with zero attached hydrogens (tertiary/aromatic N) is 3. The van der Waals surface area contributed by atoms with E-state index in [-0.39, 0.29) is 36.5 Å². The highest BCUT2D eigenvalue weighted by Crippen LogP contribution is 2.18. The summed E-state index contributed by atoms with van der Waals surface area (Å²) in [5, 5.41) is 15.7. The molecule has 3 N–H and O–H groups in total. The van der Waals surface area contributed by atoms with Gasteiger partial charge in [0, 0.05) is 51.9 Å². The summed E-state index contributed by atoms with van der Waals surface area (Å²) in [5.41, 5.74) is 0. The van der Waals surface area contributed by atoms with Crippen molar-refractivity contribution in [3.63, 3.8) is 0 Å². The first-order chi connectivity index (χ1) is 12.7. The molecule has 8 heteroatoms. The molecule has 2 aliphatic rings. The molecule has 1 atom stereocenters. The first-order valence-electron chi connectivity index (χ1n) is 10.3. The van der Waals surface area contributed by atoms with Crippen LogP contribution in [-0.4, -0.2) is 85.2 Å². The number of carbonyl (C=O) groups is 1. The van der Waals surface area contributed by atoms with E-state index in [0.717, 1.165) is 77.3 Å². The van der Waals surface area contributed by atoms with Crippen molar-refractivity contribution in [3.05, 3.63) is 0 Å². The van der Waals surface area contributed by atoms with Gasteiger partial charge in [0.1, 0.15) is 0 Å². The van der Waals surface area contributed by atoms with E-state index in [1.165, 1.54) is 0 Å². The number of aliphatic imine (C=N–C) groups is 1. The Kier molecular flexibility index (Phi) is 12.3. The SMILES string of the molecule is CCCC(CCO)CN=C(NCC)N1CCN(CC(=O)NC2CC2)CC1.I. The number of carbonyl (C=O) groups excluding carboxylic acids is 1. The Balaban J connectivity index is 0.00000364. The molecule has 0 radical (unpaired) electrons. The molecule has 2 rings (SSSR count). The molecule has 7 nitrogen and oxygen atoms in total. The average molecular weight is 495 g/mol. The van der Waals surface area contributed by atoms with E-state index in [1.54, 1.807) is 0 Å². The van der Waals surface area contributed by atoms with Crippen LogP contribution in [0, 0.1) is 5.92 Å². The zero-order valence-electron chi connectivity index (χ0n) is 17.0. The van der Waals surface area contributed by atoms with Gasteiger partial charge in [0.15, 0.2) is 5.96 Å². The van der Waals surface area contributed by atoms with E-state index in [4.69, 9.17) is 4.99 Å². The summed E-state index contributed by atoms with van der Waals surface area (Å²) in [6, 6.07) is 0.436. The summed E-state index contributed by atoms with van der Waals surface area (Å²) in [6.07, 6.45) is 5.32. The number of piperazine rings is 1. The van der Waals surface area contributed by atoms with Gasteiger partial charge in [-0.1, -0.05) is 13.3 Å². The maximum Gasteiger partial charge on any atom is 0.234 e. The van der Waals surface area contributed by atoms with Crippen molar-refractivity contribution in [2.45, 2.75) is 52.0 Å². The Bertz CT molecular complexity index is 445. The minimum atomic E-state index is 0. The van der Waals surface area contributed by atoms with Crippen molar-refractivity contribution in [1.29, 1.82) is 0 Å². The summed E-state index contributed by atoms with van der Waals surface area (Å²) >= 11 is 0. The van der Waals surface area contributed by atoms with Crippen molar-refractivity contribution >= 4 is 35.8 Å². The number of nitrogens with one attached hydrogen (secondary N) is 2. The third-order valence-corrected chi connectivity index (χ3v) is 5.05. The minimum absolute atomic E-state index is 0. The Hall–Kier alpha value is -0.610. The molecule has 2 fully saturated rings. The molecular weight excluding hydrogens is 457 g/mol. The van der Waals surface area contributed by atoms with Gasteiger partial charge < -0.3 is 20.6 Å². The van der Waals surface area contributed by atoms with Crippen LogP contribution >= 0.6 is 24.0 Å². The molecule has 158 valence electrons. The number of halogens is 1. The summed E-state index contributed by atoms with van der Waals surface area (Å²) < 4.78 is 0. The number of rotatable bonds is 10. The van der Waals surface area contributed by atoms with Crippen molar-refractivity contribution < 1.29 is 9.90 Å². The van der Waals surface area contributed by atoms with E-state index < -0.39 is 0 Å². The summed E-state index contributed by atoms with van der Waals surface area (Å²) in [7, 11) is 0.